The van der Waals surface area contributed by atoms with Crippen LogP contribution in [-0.2, 0) is 19.8 Å². The number of rotatable bonds is 8. The maximum Gasteiger partial charge on any atom is 0.335 e. The minimum atomic E-state index is -3.17. The number of amides is 1. The monoisotopic (exact) mass is 442 g/mol. The Hall–Kier alpha value is -2.31. The molecule has 4 rings (SSSR count). The standard InChI is InChI=1S/C22H23N2O4PS/c1-3-27-29(26,28-4-2)14-16-9-11-17(12-10-16)22(25)24-30-15-23-21-19-8-6-5-7-18(19)13-20(21)30/h5-13,15H,3-4,14H2,1-2H3,(H,24,25). The van der Waals surface area contributed by atoms with Gasteiger partial charge in [-0.25, -0.2) is 4.99 Å². The van der Waals surface area contributed by atoms with Crippen molar-refractivity contribution in [2.75, 3.05) is 13.2 Å². The van der Waals surface area contributed by atoms with Crippen LogP contribution in [0.2, 0.25) is 0 Å². The van der Waals surface area contributed by atoms with Crippen LogP contribution in [0.3, 0.4) is 0 Å². The predicted octanol–water partition coefficient (Wildman–Crippen LogP) is 4.98. The zero-order valence-electron chi connectivity index (χ0n) is 16.8. The third kappa shape index (κ3) is 4.25. The second kappa shape index (κ2) is 8.82. The van der Waals surface area contributed by atoms with E-state index in [1.165, 1.54) is 0 Å². The molecule has 2 aliphatic rings. The molecule has 8 heteroatoms. The quantitative estimate of drug-likeness (QED) is 0.462. The fourth-order valence-corrected chi connectivity index (χ4v) is 6.52. The van der Waals surface area contributed by atoms with E-state index < -0.39 is 18.3 Å². The topological polar surface area (TPSA) is 77.0 Å². The van der Waals surface area contributed by atoms with E-state index in [-0.39, 0.29) is 12.1 Å². The van der Waals surface area contributed by atoms with Crippen molar-refractivity contribution in [3.63, 3.8) is 0 Å². The molecular formula is C22H23N2O4PS. The van der Waals surface area contributed by atoms with Crippen LogP contribution in [0.25, 0.3) is 6.08 Å². The van der Waals surface area contributed by atoms with Crippen LogP contribution in [0.4, 0.5) is 0 Å². The Morgan fingerprint density at radius 3 is 2.47 bits per heavy atom. The summed E-state index contributed by atoms with van der Waals surface area (Å²) < 4.78 is 26.4. The Bertz CT molecular complexity index is 1110. The largest absolute Gasteiger partial charge is 0.335 e. The first-order valence-corrected chi connectivity index (χ1v) is 12.8. The van der Waals surface area contributed by atoms with Gasteiger partial charge in [0.15, 0.2) is 0 Å². The normalized spacial score (nSPS) is 16.9. The van der Waals surface area contributed by atoms with E-state index in [1.54, 1.807) is 43.6 Å². The lowest BCUT2D eigenvalue weighted by Gasteiger charge is -2.17. The van der Waals surface area contributed by atoms with E-state index in [9.17, 15) is 9.36 Å². The molecule has 0 spiro atoms. The van der Waals surface area contributed by atoms with Crippen molar-refractivity contribution in [1.29, 1.82) is 0 Å². The lowest BCUT2D eigenvalue weighted by Crippen LogP contribution is -2.18. The molecule has 0 radical (unpaired) electrons. The molecule has 1 N–H and O–H groups in total. The highest BCUT2D eigenvalue weighted by molar-refractivity contribution is 8.18. The Morgan fingerprint density at radius 2 is 1.77 bits per heavy atom. The van der Waals surface area contributed by atoms with Crippen LogP contribution >= 0.6 is 18.3 Å². The summed E-state index contributed by atoms with van der Waals surface area (Å²) in [6.45, 7) is 4.21. The van der Waals surface area contributed by atoms with E-state index in [4.69, 9.17) is 9.05 Å². The summed E-state index contributed by atoms with van der Waals surface area (Å²) in [5, 5.41) is 0. The first-order valence-electron chi connectivity index (χ1n) is 9.77. The summed E-state index contributed by atoms with van der Waals surface area (Å²) in [5.74, 6) is -0.174. The van der Waals surface area contributed by atoms with Crippen LogP contribution in [-0.4, -0.2) is 30.3 Å². The van der Waals surface area contributed by atoms with Gasteiger partial charge < -0.3 is 9.05 Å². The molecule has 1 aliphatic heterocycles. The molecule has 1 amide bonds. The van der Waals surface area contributed by atoms with Gasteiger partial charge in [-0.3, -0.25) is 14.1 Å². The van der Waals surface area contributed by atoms with Gasteiger partial charge in [0.1, 0.15) is 0 Å². The molecule has 156 valence electrons. The molecular weight excluding hydrogens is 419 g/mol. The molecule has 1 atom stereocenters. The number of benzene rings is 2. The first-order chi connectivity index (χ1) is 14.5. The van der Waals surface area contributed by atoms with Gasteiger partial charge in [0, 0.05) is 16.0 Å². The highest BCUT2D eigenvalue weighted by Gasteiger charge is 2.27. The maximum atomic E-state index is 12.8. The van der Waals surface area contributed by atoms with Gasteiger partial charge >= 0.3 is 7.60 Å². The number of carbonyl (C=O) groups excluding carboxylic acids is 1. The first kappa shape index (κ1) is 20.9. The molecule has 0 saturated heterocycles. The van der Waals surface area contributed by atoms with Gasteiger partial charge in [-0.05, 0) is 53.9 Å². The van der Waals surface area contributed by atoms with Gasteiger partial charge in [-0.15, -0.1) is 0 Å². The Kier molecular flexibility index (Phi) is 6.16. The Morgan fingerprint density at radius 1 is 1.07 bits per heavy atom. The predicted molar refractivity (Wildman–Crippen MR) is 123 cm³/mol. The lowest BCUT2D eigenvalue weighted by atomic mass is 10.1. The zero-order valence-corrected chi connectivity index (χ0v) is 18.5. The van der Waals surface area contributed by atoms with E-state index in [2.05, 4.69) is 21.9 Å². The molecule has 1 unspecified atom stereocenters. The van der Waals surface area contributed by atoms with Crippen LogP contribution in [0.5, 0.6) is 0 Å². The number of nitrogens with zero attached hydrogens (tertiary/aromatic N) is 1. The van der Waals surface area contributed by atoms with Crippen molar-refractivity contribution >= 4 is 41.5 Å². The average Bonchev–Trinajstić information content (AvgIpc) is 3.28. The molecule has 30 heavy (non-hydrogen) atoms. The number of nitrogens with one attached hydrogen (secondary N) is 1. The van der Waals surface area contributed by atoms with Crippen LogP contribution < -0.4 is 4.72 Å². The molecule has 2 aromatic carbocycles. The summed E-state index contributed by atoms with van der Waals surface area (Å²) >= 11 is 0. The molecule has 0 saturated carbocycles. The van der Waals surface area contributed by atoms with Crippen molar-refractivity contribution in [3.05, 3.63) is 75.7 Å². The molecule has 0 aromatic heterocycles. The van der Waals surface area contributed by atoms with E-state index in [1.807, 2.05) is 18.2 Å². The van der Waals surface area contributed by atoms with Crippen molar-refractivity contribution in [1.82, 2.24) is 4.72 Å². The lowest BCUT2D eigenvalue weighted by molar-refractivity contribution is 0.0984. The van der Waals surface area contributed by atoms with Crippen molar-refractivity contribution < 1.29 is 18.4 Å². The second-order valence-corrected chi connectivity index (χ2v) is 10.3. The summed E-state index contributed by atoms with van der Waals surface area (Å²) in [7, 11) is -3.74. The molecule has 1 heterocycles. The third-order valence-corrected chi connectivity index (χ3v) is 8.27. The SMILES string of the molecule is CCOP(=O)(Cc1ccc(C(=O)NS2=CN=C3C2=Cc2ccccc23)cc1)OCC. The Labute approximate surface area is 178 Å². The van der Waals surface area contributed by atoms with Crippen molar-refractivity contribution in [3.8, 4) is 0 Å². The number of hydrogen-bond donors (Lipinski definition) is 1. The zero-order chi connectivity index (χ0) is 21.1. The van der Waals surface area contributed by atoms with Crippen LogP contribution in [0.1, 0.15) is 40.9 Å². The van der Waals surface area contributed by atoms with Crippen LogP contribution in [0.15, 0.2) is 58.4 Å². The minimum absolute atomic E-state index is 0.174. The Balaban J connectivity index is 1.43. The second-order valence-electron chi connectivity index (χ2n) is 6.75. The van der Waals surface area contributed by atoms with Gasteiger partial charge in [-0.2, -0.15) is 0 Å². The maximum absolute atomic E-state index is 12.8. The van der Waals surface area contributed by atoms with Gasteiger partial charge in [0.05, 0.1) is 30.6 Å². The molecule has 0 fully saturated rings. The van der Waals surface area contributed by atoms with Gasteiger partial charge in [-0.1, -0.05) is 36.4 Å². The molecule has 1 aliphatic carbocycles. The van der Waals surface area contributed by atoms with E-state index in [0.29, 0.717) is 18.8 Å². The molecule has 2 aromatic rings. The molecule has 6 nitrogen and oxygen atoms in total. The molecule has 0 bridgehead atoms. The number of aliphatic imine (C=N–C) groups is 1. The average molecular weight is 442 g/mol. The number of allylic oxidation sites excluding steroid dienone is 1. The van der Waals surface area contributed by atoms with Crippen molar-refractivity contribution in [2.45, 2.75) is 20.0 Å². The fourth-order valence-electron chi connectivity index (χ4n) is 3.39. The number of hydrogen-bond acceptors (Lipinski definition) is 5. The third-order valence-electron chi connectivity index (χ3n) is 4.71. The van der Waals surface area contributed by atoms with Gasteiger partial charge in [0.2, 0.25) is 0 Å². The smallest absolute Gasteiger partial charge is 0.309 e. The summed E-state index contributed by atoms with van der Waals surface area (Å²) in [5.41, 5.74) is 6.29. The van der Waals surface area contributed by atoms with E-state index >= 15 is 0 Å². The van der Waals surface area contributed by atoms with Gasteiger partial charge in [0.25, 0.3) is 5.91 Å². The minimum Gasteiger partial charge on any atom is -0.309 e. The van der Waals surface area contributed by atoms with E-state index in [0.717, 1.165) is 27.3 Å². The highest BCUT2D eigenvalue weighted by atomic mass is 32.2. The number of fused-ring (bicyclic) bond motifs is 3. The van der Waals surface area contributed by atoms with Crippen molar-refractivity contribution in [2.24, 2.45) is 4.99 Å². The summed E-state index contributed by atoms with van der Waals surface area (Å²) in [6, 6.07) is 15.1. The fraction of sp³-hybridized carbons (Fsp3) is 0.227. The number of carbonyl (C=O) groups is 1. The van der Waals surface area contributed by atoms with Crippen LogP contribution in [0, 0.1) is 0 Å². The highest BCUT2D eigenvalue weighted by Crippen LogP contribution is 2.51. The summed E-state index contributed by atoms with van der Waals surface area (Å²) in [6.07, 6.45) is 2.26. The summed E-state index contributed by atoms with van der Waals surface area (Å²) in [4.78, 5) is 18.3.